The summed E-state index contributed by atoms with van der Waals surface area (Å²) in [7, 11) is 0. The van der Waals surface area contributed by atoms with Gasteiger partial charge in [-0.05, 0) is 18.4 Å². The number of carbonyl (C=O) groups is 1. The van der Waals surface area contributed by atoms with Crippen LogP contribution in [0, 0.1) is 11.3 Å². The molecule has 96 valence electrons. The van der Waals surface area contributed by atoms with Gasteiger partial charge in [-0.3, -0.25) is 4.79 Å². The lowest BCUT2D eigenvalue weighted by molar-refractivity contribution is -0.121. The minimum absolute atomic E-state index is 0.0556. The smallest absolute Gasteiger partial charge is 0.221 e. The van der Waals surface area contributed by atoms with Gasteiger partial charge in [0.05, 0.1) is 6.07 Å². The maximum absolute atomic E-state index is 11.7. The monoisotopic (exact) mass is 308 g/mol. The van der Waals surface area contributed by atoms with E-state index in [-0.39, 0.29) is 5.91 Å². The van der Waals surface area contributed by atoms with Gasteiger partial charge < -0.3 is 5.32 Å². The van der Waals surface area contributed by atoms with Crippen LogP contribution in [0.5, 0.6) is 0 Å². The highest BCUT2D eigenvalue weighted by molar-refractivity contribution is 9.09. The second-order valence-corrected chi connectivity index (χ2v) is 4.83. The first-order chi connectivity index (χ1) is 8.77. The lowest BCUT2D eigenvalue weighted by Gasteiger charge is -2.11. The molecule has 0 aliphatic carbocycles. The van der Waals surface area contributed by atoms with E-state index in [0.717, 1.165) is 30.2 Å². The SMILES string of the molecule is N#CC(NC(=O)CCCCCBr)c1ccccc1. The molecule has 18 heavy (non-hydrogen) atoms. The minimum Gasteiger partial charge on any atom is -0.337 e. The maximum Gasteiger partial charge on any atom is 0.221 e. The highest BCUT2D eigenvalue weighted by atomic mass is 79.9. The second kappa shape index (κ2) is 8.71. The van der Waals surface area contributed by atoms with Crippen molar-refractivity contribution in [3.8, 4) is 6.07 Å². The summed E-state index contributed by atoms with van der Waals surface area (Å²) >= 11 is 3.36. The van der Waals surface area contributed by atoms with Crippen LogP contribution in [0.2, 0.25) is 0 Å². The summed E-state index contributed by atoms with van der Waals surface area (Å²) in [5.74, 6) is -0.0556. The zero-order chi connectivity index (χ0) is 13.2. The predicted molar refractivity (Wildman–Crippen MR) is 75.2 cm³/mol. The number of rotatable bonds is 7. The molecule has 0 bridgehead atoms. The molecule has 0 aliphatic rings. The van der Waals surface area contributed by atoms with E-state index < -0.39 is 6.04 Å². The zero-order valence-electron chi connectivity index (χ0n) is 10.2. The van der Waals surface area contributed by atoms with E-state index in [2.05, 4.69) is 27.3 Å². The molecule has 0 spiro atoms. The number of alkyl halides is 1. The minimum atomic E-state index is -0.546. The van der Waals surface area contributed by atoms with Crippen molar-refractivity contribution in [3.05, 3.63) is 35.9 Å². The van der Waals surface area contributed by atoms with Crippen LogP contribution in [-0.2, 0) is 4.79 Å². The van der Waals surface area contributed by atoms with Gasteiger partial charge in [0.1, 0.15) is 6.04 Å². The Balaban J connectivity index is 2.40. The molecule has 1 aromatic carbocycles. The third-order valence-electron chi connectivity index (χ3n) is 2.60. The van der Waals surface area contributed by atoms with E-state index >= 15 is 0 Å². The highest BCUT2D eigenvalue weighted by Gasteiger charge is 2.12. The van der Waals surface area contributed by atoms with Crippen molar-refractivity contribution in [2.45, 2.75) is 31.7 Å². The van der Waals surface area contributed by atoms with E-state index in [1.54, 1.807) is 0 Å². The molecule has 1 atom stereocenters. The Labute approximate surface area is 116 Å². The first kappa shape index (κ1) is 14.7. The number of nitrogens with zero attached hydrogens (tertiary/aromatic N) is 1. The normalized spacial score (nSPS) is 11.6. The molecule has 3 nitrogen and oxygen atoms in total. The van der Waals surface area contributed by atoms with Gasteiger partial charge in [-0.1, -0.05) is 52.7 Å². The Bertz CT molecular complexity index is 400. The number of amides is 1. The second-order valence-electron chi connectivity index (χ2n) is 4.04. The molecule has 0 saturated carbocycles. The van der Waals surface area contributed by atoms with Crippen molar-refractivity contribution in [2.24, 2.45) is 0 Å². The Morgan fingerprint density at radius 1 is 1.28 bits per heavy atom. The Morgan fingerprint density at radius 2 is 2.00 bits per heavy atom. The molecule has 0 saturated heterocycles. The number of hydrogen-bond acceptors (Lipinski definition) is 2. The Morgan fingerprint density at radius 3 is 2.61 bits per heavy atom. The molecule has 0 radical (unpaired) electrons. The van der Waals surface area contributed by atoms with Crippen molar-refractivity contribution in [2.75, 3.05) is 5.33 Å². The van der Waals surface area contributed by atoms with Gasteiger partial charge in [-0.25, -0.2) is 0 Å². The molecule has 0 fully saturated rings. The van der Waals surface area contributed by atoms with E-state index in [1.165, 1.54) is 0 Å². The molecule has 1 N–H and O–H groups in total. The lowest BCUT2D eigenvalue weighted by atomic mass is 10.1. The van der Waals surface area contributed by atoms with Crippen molar-refractivity contribution in [1.82, 2.24) is 5.32 Å². The van der Waals surface area contributed by atoms with Crippen LogP contribution in [0.1, 0.15) is 37.3 Å². The molecule has 1 aromatic rings. The Kier molecular flexibility index (Phi) is 7.12. The predicted octanol–water partition coefficient (Wildman–Crippen LogP) is 3.32. The lowest BCUT2D eigenvalue weighted by Crippen LogP contribution is -2.27. The van der Waals surface area contributed by atoms with Gasteiger partial charge in [0.15, 0.2) is 0 Å². The fraction of sp³-hybridized carbons (Fsp3) is 0.429. The fourth-order valence-electron chi connectivity index (χ4n) is 1.63. The van der Waals surface area contributed by atoms with E-state index in [1.807, 2.05) is 30.3 Å². The number of unbranched alkanes of at least 4 members (excludes halogenated alkanes) is 2. The molecular formula is C14H17BrN2O. The fourth-order valence-corrected chi connectivity index (χ4v) is 2.02. The summed E-state index contributed by atoms with van der Waals surface area (Å²) in [6, 6.07) is 10.9. The average molecular weight is 309 g/mol. The summed E-state index contributed by atoms with van der Waals surface area (Å²) in [5, 5.41) is 12.8. The number of carbonyl (C=O) groups excluding carboxylic acids is 1. The van der Waals surface area contributed by atoms with Gasteiger partial charge in [0.2, 0.25) is 5.91 Å². The maximum atomic E-state index is 11.7. The van der Waals surface area contributed by atoms with Gasteiger partial charge >= 0.3 is 0 Å². The van der Waals surface area contributed by atoms with Crippen molar-refractivity contribution < 1.29 is 4.79 Å². The van der Waals surface area contributed by atoms with Crippen molar-refractivity contribution in [1.29, 1.82) is 5.26 Å². The van der Waals surface area contributed by atoms with Gasteiger partial charge in [-0.15, -0.1) is 0 Å². The Hall–Kier alpha value is -1.34. The van der Waals surface area contributed by atoms with E-state index in [4.69, 9.17) is 5.26 Å². The molecule has 1 amide bonds. The van der Waals surface area contributed by atoms with Crippen molar-refractivity contribution in [3.63, 3.8) is 0 Å². The molecule has 1 unspecified atom stereocenters. The molecule has 0 aromatic heterocycles. The van der Waals surface area contributed by atoms with Gasteiger partial charge in [0, 0.05) is 11.8 Å². The van der Waals surface area contributed by atoms with Crippen LogP contribution in [0.25, 0.3) is 0 Å². The number of benzene rings is 1. The standard InChI is InChI=1S/C14H17BrN2O/c15-10-6-2-5-9-14(18)17-13(11-16)12-7-3-1-4-8-12/h1,3-4,7-8,13H,2,5-6,9-10H2,(H,17,18). The summed E-state index contributed by atoms with van der Waals surface area (Å²) in [6.07, 6.45) is 3.46. The first-order valence-electron chi connectivity index (χ1n) is 6.08. The number of nitrogens with one attached hydrogen (secondary N) is 1. The molecule has 0 heterocycles. The summed E-state index contributed by atoms with van der Waals surface area (Å²) in [4.78, 5) is 11.7. The number of nitriles is 1. The summed E-state index contributed by atoms with van der Waals surface area (Å²) < 4.78 is 0. The molecule has 0 aliphatic heterocycles. The molecular weight excluding hydrogens is 292 g/mol. The third-order valence-corrected chi connectivity index (χ3v) is 3.17. The van der Waals surface area contributed by atoms with Crippen LogP contribution in [0.15, 0.2) is 30.3 Å². The highest BCUT2D eigenvalue weighted by Crippen LogP contribution is 2.12. The van der Waals surface area contributed by atoms with Gasteiger partial charge in [-0.2, -0.15) is 5.26 Å². The van der Waals surface area contributed by atoms with Crippen LogP contribution < -0.4 is 5.32 Å². The van der Waals surface area contributed by atoms with Crippen LogP contribution >= 0.6 is 15.9 Å². The summed E-state index contributed by atoms with van der Waals surface area (Å²) in [5.41, 5.74) is 0.828. The van der Waals surface area contributed by atoms with E-state index in [9.17, 15) is 4.79 Å². The summed E-state index contributed by atoms with van der Waals surface area (Å²) in [6.45, 7) is 0. The number of halogens is 1. The van der Waals surface area contributed by atoms with Crippen molar-refractivity contribution >= 4 is 21.8 Å². The van der Waals surface area contributed by atoms with E-state index in [0.29, 0.717) is 6.42 Å². The molecule has 1 rings (SSSR count). The topological polar surface area (TPSA) is 52.9 Å². The van der Waals surface area contributed by atoms with Gasteiger partial charge in [0.25, 0.3) is 0 Å². The molecule has 4 heteroatoms. The quantitative estimate of drug-likeness (QED) is 0.620. The van der Waals surface area contributed by atoms with Crippen LogP contribution in [-0.4, -0.2) is 11.2 Å². The average Bonchev–Trinajstić information content (AvgIpc) is 2.42. The third kappa shape index (κ3) is 5.33. The van der Waals surface area contributed by atoms with Crippen LogP contribution in [0.3, 0.4) is 0 Å². The zero-order valence-corrected chi connectivity index (χ0v) is 11.8. The first-order valence-corrected chi connectivity index (χ1v) is 7.20. The largest absolute Gasteiger partial charge is 0.337 e. The number of hydrogen-bond donors (Lipinski definition) is 1. The van der Waals surface area contributed by atoms with Crippen LogP contribution in [0.4, 0.5) is 0 Å².